The Morgan fingerprint density at radius 3 is 2.53 bits per heavy atom. The number of thiazole rings is 1. The van der Waals surface area contributed by atoms with Crippen LogP contribution in [0.15, 0.2) is 83.3 Å². The molecule has 0 radical (unpaired) electrons. The molecule has 0 aliphatic rings. The van der Waals surface area contributed by atoms with Gasteiger partial charge in [-0.05, 0) is 30.3 Å². The first-order valence-corrected chi connectivity index (χ1v) is 10.3. The SMILES string of the molecule is O=C(OCc1nc2ccccc2s1)c1oc2ccccc2c1COc1ccccc1. The molecular formula is C24H17NO4S. The Morgan fingerprint density at radius 2 is 1.67 bits per heavy atom. The summed E-state index contributed by atoms with van der Waals surface area (Å²) in [5, 5.41) is 1.57. The normalized spacial score (nSPS) is 11.1. The highest BCUT2D eigenvalue weighted by Gasteiger charge is 2.23. The first-order chi connectivity index (χ1) is 14.8. The molecular weight excluding hydrogens is 398 g/mol. The topological polar surface area (TPSA) is 61.6 Å². The average Bonchev–Trinajstić information content (AvgIpc) is 3.38. The molecule has 5 aromatic rings. The van der Waals surface area contributed by atoms with Gasteiger partial charge in [-0.15, -0.1) is 11.3 Å². The molecule has 3 aromatic carbocycles. The molecule has 0 saturated heterocycles. The number of hydrogen-bond acceptors (Lipinski definition) is 6. The number of benzene rings is 3. The Bertz CT molecular complexity index is 1290. The molecule has 148 valence electrons. The maximum absolute atomic E-state index is 12.8. The maximum atomic E-state index is 12.8. The van der Waals surface area contributed by atoms with Crippen LogP contribution < -0.4 is 4.74 Å². The molecule has 5 nitrogen and oxygen atoms in total. The quantitative estimate of drug-likeness (QED) is 0.319. The molecule has 0 N–H and O–H groups in total. The summed E-state index contributed by atoms with van der Waals surface area (Å²) >= 11 is 1.51. The second-order valence-electron chi connectivity index (χ2n) is 6.66. The third-order valence-electron chi connectivity index (χ3n) is 4.67. The third-order valence-corrected chi connectivity index (χ3v) is 5.68. The van der Waals surface area contributed by atoms with Crippen LogP contribution in [-0.2, 0) is 18.0 Å². The zero-order valence-corrected chi connectivity index (χ0v) is 16.7. The van der Waals surface area contributed by atoms with E-state index in [-0.39, 0.29) is 19.0 Å². The number of rotatable bonds is 6. The molecule has 6 heteroatoms. The lowest BCUT2D eigenvalue weighted by Crippen LogP contribution is -2.08. The number of nitrogens with zero attached hydrogens (tertiary/aromatic N) is 1. The Kier molecular flexibility index (Phi) is 4.91. The van der Waals surface area contributed by atoms with Gasteiger partial charge in [0.1, 0.15) is 29.6 Å². The molecule has 30 heavy (non-hydrogen) atoms. The highest BCUT2D eigenvalue weighted by atomic mass is 32.1. The van der Waals surface area contributed by atoms with Crippen molar-refractivity contribution >= 4 is 38.5 Å². The van der Waals surface area contributed by atoms with Crippen LogP contribution in [0.2, 0.25) is 0 Å². The van der Waals surface area contributed by atoms with Crippen molar-refractivity contribution in [1.82, 2.24) is 4.98 Å². The van der Waals surface area contributed by atoms with Crippen LogP contribution in [0.5, 0.6) is 5.75 Å². The van der Waals surface area contributed by atoms with Crippen molar-refractivity contribution in [2.24, 2.45) is 0 Å². The number of ether oxygens (including phenoxy) is 2. The lowest BCUT2D eigenvalue weighted by atomic mass is 10.1. The molecule has 0 aliphatic heterocycles. The molecule has 2 heterocycles. The summed E-state index contributed by atoms with van der Waals surface area (Å²) in [6.07, 6.45) is 0. The number of para-hydroxylation sites is 3. The second-order valence-corrected chi connectivity index (χ2v) is 7.77. The number of aromatic nitrogens is 1. The van der Waals surface area contributed by atoms with Crippen LogP contribution in [0.3, 0.4) is 0 Å². The van der Waals surface area contributed by atoms with Crippen LogP contribution in [0.4, 0.5) is 0 Å². The Labute approximate surface area is 176 Å². The molecule has 2 aromatic heterocycles. The van der Waals surface area contributed by atoms with Gasteiger partial charge in [0.25, 0.3) is 0 Å². The van der Waals surface area contributed by atoms with Gasteiger partial charge in [0.2, 0.25) is 5.76 Å². The first-order valence-electron chi connectivity index (χ1n) is 9.48. The summed E-state index contributed by atoms with van der Waals surface area (Å²) in [7, 11) is 0. The van der Waals surface area contributed by atoms with E-state index >= 15 is 0 Å². The lowest BCUT2D eigenvalue weighted by molar-refractivity contribution is 0.0434. The van der Waals surface area contributed by atoms with E-state index in [9.17, 15) is 4.79 Å². The van der Waals surface area contributed by atoms with Gasteiger partial charge in [0.05, 0.1) is 15.8 Å². The van der Waals surface area contributed by atoms with Gasteiger partial charge in [0, 0.05) is 5.39 Å². The monoisotopic (exact) mass is 415 g/mol. The predicted octanol–water partition coefficient (Wildman–Crippen LogP) is 5.98. The summed E-state index contributed by atoms with van der Waals surface area (Å²) < 4.78 is 18.3. The standard InChI is InChI=1S/C24H17NO4S/c26-24(28-15-22-25-19-11-5-7-13-21(19)30-22)23-18(14-27-16-8-2-1-3-9-16)17-10-4-6-12-20(17)29-23/h1-13H,14-15H2. The number of esters is 1. The lowest BCUT2D eigenvalue weighted by Gasteiger charge is -2.07. The molecule has 0 spiro atoms. The van der Waals surface area contributed by atoms with Crippen molar-refractivity contribution in [2.75, 3.05) is 0 Å². The summed E-state index contributed by atoms with van der Waals surface area (Å²) in [6.45, 7) is 0.292. The maximum Gasteiger partial charge on any atom is 0.375 e. The largest absolute Gasteiger partial charge is 0.489 e. The smallest absolute Gasteiger partial charge is 0.375 e. The zero-order valence-electron chi connectivity index (χ0n) is 15.9. The van der Waals surface area contributed by atoms with Crippen molar-refractivity contribution in [3.8, 4) is 5.75 Å². The molecule has 0 fully saturated rings. The van der Waals surface area contributed by atoms with Crippen LogP contribution in [0.1, 0.15) is 21.1 Å². The van der Waals surface area contributed by atoms with E-state index in [4.69, 9.17) is 13.9 Å². The van der Waals surface area contributed by atoms with Gasteiger partial charge in [-0.3, -0.25) is 0 Å². The first kappa shape index (κ1) is 18.4. The van der Waals surface area contributed by atoms with Crippen LogP contribution in [0, 0.1) is 0 Å². The predicted molar refractivity (Wildman–Crippen MR) is 116 cm³/mol. The summed E-state index contributed by atoms with van der Waals surface area (Å²) in [6, 6.07) is 24.8. The second kappa shape index (κ2) is 8.00. The number of hydrogen-bond donors (Lipinski definition) is 0. The van der Waals surface area contributed by atoms with Crippen molar-refractivity contribution in [3.63, 3.8) is 0 Å². The highest BCUT2D eigenvalue weighted by Crippen LogP contribution is 2.29. The number of furan rings is 1. The van der Waals surface area contributed by atoms with E-state index in [1.54, 1.807) is 0 Å². The highest BCUT2D eigenvalue weighted by molar-refractivity contribution is 7.18. The minimum Gasteiger partial charge on any atom is -0.489 e. The number of carbonyl (C=O) groups excluding carboxylic acids is 1. The van der Waals surface area contributed by atoms with Crippen molar-refractivity contribution < 1.29 is 18.7 Å². The van der Waals surface area contributed by atoms with Crippen LogP contribution >= 0.6 is 11.3 Å². The van der Waals surface area contributed by atoms with E-state index in [0.717, 1.165) is 26.4 Å². The molecule has 0 atom stereocenters. The van der Waals surface area contributed by atoms with Crippen LogP contribution in [-0.4, -0.2) is 11.0 Å². The average molecular weight is 415 g/mol. The van der Waals surface area contributed by atoms with Gasteiger partial charge in [0.15, 0.2) is 0 Å². The van der Waals surface area contributed by atoms with E-state index in [1.807, 2.05) is 78.9 Å². The van der Waals surface area contributed by atoms with Crippen molar-refractivity contribution in [3.05, 3.63) is 95.2 Å². The van der Waals surface area contributed by atoms with E-state index in [2.05, 4.69) is 4.98 Å². The Balaban J connectivity index is 1.38. The van der Waals surface area contributed by atoms with Crippen molar-refractivity contribution in [1.29, 1.82) is 0 Å². The van der Waals surface area contributed by atoms with E-state index in [0.29, 0.717) is 11.1 Å². The van der Waals surface area contributed by atoms with Gasteiger partial charge in [-0.1, -0.05) is 48.5 Å². The fourth-order valence-electron chi connectivity index (χ4n) is 3.25. The third kappa shape index (κ3) is 3.65. The van der Waals surface area contributed by atoms with E-state index < -0.39 is 5.97 Å². The molecule has 0 amide bonds. The van der Waals surface area contributed by atoms with Crippen LogP contribution in [0.25, 0.3) is 21.2 Å². The number of fused-ring (bicyclic) bond motifs is 2. The number of carbonyl (C=O) groups is 1. The van der Waals surface area contributed by atoms with Crippen molar-refractivity contribution in [2.45, 2.75) is 13.2 Å². The molecule has 0 unspecified atom stereocenters. The summed E-state index contributed by atoms with van der Waals surface area (Å²) in [5.74, 6) is 0.349. The zero-order chi connectivity index (χ0) is 20.3. The van der Waals surface area contributed by atoms with Gasteiger partial charge < -0.3 is 13.9 Å². The van der Waals surface area contributed by atoms with Gasteiger partial charge in [-0.25, -0.2) is 9.78 Å². The fourth-order valence-corrected chi connectivity index (χ4v) is 4.13. The Hall–Kier alpha value is -3.64. The fraction of sp³-hybridized carbons (Fsp3) is 0.0833. The minimum absolute atomic E-state index is 0.0915. The Morgan fingerprint density at radius 1 is 0.900 bits per heavy atom. The summed E-state index contributed by atoms with van der Waals surface area (Å²) in [5.41, 5.74) is 2.19. The van der Waals surface area contributed by atoms with E-state index in [1.165, 1.54) is 11.3 Å². The molecule has 5 rings (SSSR count). The molecule has 0 aliphatic carbocycles. The van der Waals surface area contributed by atoms with Gasteiger partial charge in [-0.2, -0.15) is 0 Å². The summed E-state index contributed by atoms with van der Waals surface area (Å²) in [4.78, 5) is 17.3. The molecule has 0 saturated carbocycles. The molecule has 0 bridgehead atoms. The van der Waals surface area contributed by atoms with Gasteiger partial charge >= 0.3 is 5.97 Å². The minimum atomic E-state index is -0.530.